The first-order chi connectivity index (χ1) is 11.7. The minimum Gasteiger partial charge on any atom is -0.492 e. The predicted octanol–water partition coefficient (Wildman–Crippen LogP) is 2.74. The minimum absolute atomic E-state index is 0. The SMILES string of the molecule is CCCc1noc(CCCC(=O)Nc2ccc(OCCN)cc2)n1.Cl. The Morgan fingerprint density at radius 3 is 2.72 bits per heavy atom. The molecule has 0 saturated heterocycles. The van der Waals surface area contributed by atoms with Gasteiger partial charge in [0.15, 0.2) is 5.82 Å². The van der Waals surface area contributed by atoms with Gasteiger partial charge in [0.25, 0.3) is 0 Å². The van der Waals surface area contributed by atoms with Crippen LogP contribution in [0.25, 0.3) is 0 Å². The van der Waals surface area contributed by atoms with Gasteiger partial charge in [-0.05, 0) is 37.1 Å². The first kappa shape index (κ1) is 20.9. The molecule has 2 aromatic rings. The molecule has 0 atom stereocenters. The maximum Gasteiger partial charge on any atom is 0.226 e. The van der Waals surface area contributed by atoms with Gasteiger partial charge in [-0.2, -0.15) is 4.98 Å². The van der Waals surface area contributed by atoms with Gasteiger partial charge in [-0.25, -0.2) is 0 Å². The monoisotopic (exact) mass is 368 g/mol. The Morgan fingerprint density at radius 1 is 1.28 bits per heavy atom. The van der Waals surface area contributed by atoms with E-state index >= 15 is 0 Å². The lowest BCUT2D eigenvalue weighted by molar-refractivity contribution is -0.116. The van der Waals surface area contributed by atoms with Crippen LogP contribution in [0.15, 0.2) is 28.8 Å². The van der Waals surface area contributed by atoms with Gasteiger partial charge in [0.05, 0.1) is 0 Å². The average molecular weight is 369 g/mol. The highest BCUT2D eigenvalue weighted by Crippen LogP contribution is 2.16. The number of carbonyl (C=O) groups excluding carboxylic acids is 1. The lowest BCUT2D eigenvalue weighted by Crippen LogP contribution is -2.12. The summed E-state index contributed by atoms with van der Waals surface area (Å²) in [5.74, 6) is 2.01. The van der Waals surface area contributed by atoms with Gasteiger partial charge >= 0.3 is 0 Å². The van der Waals surface area contributed by atoms with E-state index in [1.54, 1.807) is 24.3 Å². The van der Waals surface area contributed by atoms with E-state index < -0.39 is 0 Å². The Hall–Kier alpha value is -2.12. The molecule has 0 spiro atoms. The van der Waals surface area contributed by atoms with E-state index in [4.69, 9.17) is 15.0 Å². The maximum absolute atomic E-state index is 11.9. The molecule has 0 fully saturated rings. The molecule has 8 heteroatoms. The number of rotatable bonds is 10. The first-order valence-corrected chi connectivity index (χ1v) is 8.25. The lowest BCUT2D eigenvalue weighted by atomic mass is 10.2. The molecule has 0 aliphatic carbocycles. The molecule has 138 valence electrons. The number of benzene rings is 1. The molecule has 1 heterocycles. The number of amides is 1. The maximum atomic E-state index is 11.9. The second-order valence-corrected chi connectivity index (χ2v) is 5.42. The van der Waals surface area contributed by atoms with E-state index in [-0.39, 0.29) is 18.3 Å². The molecule has 2 rings (SSSR count). The number of halogens is 1. The van der Waals surface area contributed by atoms with Crippen molar-refractivity contribution in [2.24, 2.45) is 5.73 Å². The van der Waals surface area contributed by atoms with Gasteiger partial charge in [-0.15, -0.1) is 12.4 Å². The zero-order chi connectivity index (χ0) is 17.2. The molecule has 0 bridgehead atoms. The summed E-state index contributed by atoms with van der Waals surface area (Å²) in [6.45, 7) is 3.01. The molecule has 0 aliphatic rings. The van der Waals surface area contributed by atoms with E-state index in [1.165, 1.54) is 0 Å². The van der Waals surface area contributed by atoms with Crippen LogP contribution in [0.2, 0.25) is 0 Å². The lowest BCUT2D eigenvalue weighted by Gasteiger charge is -2.07. The Kier molecular flexibility index (Phi) is 9.57. The van der Waals surface area contributed by atoms with Crippen LogP contribution >= 0.6 is 12.4 Å². The molecule has 0 unspecified atom stereocenters. The highest BCUT2D eigenvalue weighted by atomic mass is 35.5. The molecule has 0 radical (unpaired) electrons. The molecular formula is C17H25ClN4O3. The Bertz CT molecular complexity index is 631. The van der Waals surface area contributed by atoms with E-state index in [1.807, 2.05) is 0 Å². The van der Waals surface area contributed by atoms with E-state index in [2.05, 4.69) is 22.4 Å². The van der Waals surface area contributed by atoms with E-state index in [0.717, 1.165) is 30.1 Å². The van der Waals surface area contributed by atoms with Crippen LogP contribution in [0.1, 0.15) is 37.9 Å². The topological polar surface area (TPSA) is 103 Å². The molecule has 1 amide bonds. The number of anilines is 1. The number of nitrogens with zero attached hydrogens (tertiary/aromatic N) is 2. The number of nitrogens with two attached hydrogens (primary N) is 1. The first-order valence-electron chi connectivity index (χ1n) is 8.25. The van der Waals surface area contributed by atoms with Gasteiger partial charge in [0.1, 0.15) is 12.4 Å². The highest BCUT2D eigenvalue weighted by Gasteiger charge is 2.08. The van der Waals surface area contributed by atoms with Crippen molar-refractivity contribution in [1.29, 1.82) is 0 Å². The number of hydrogen-bond donors (Lipinski definition) is 2. The van der Waals surface area contributed by atoms with Gasteiger partial charge < -0.3 is 20.3 Å². The van der Waals surface area contributed by atoms with Gasteiger partial charge in [0.2, 0.25) is 11.8 Å². The fourth-order valence-corrected chi connectivity index (χ4v) is 2.15. The van der Waals surface area contributed by atoms with Crippen LogP contribution < -0.4 is 15.8 Å². The zero-order valence-electron chi connectivity index (χ0n) is 14.4. The number of ether oxygens (including phenoxy) is 1. The summed E-state index contributed by atoms with van der Waals surface area (Å²) < 4.78 is 10.5. The van der Waals surface area contributed by atoms with Crippen molar-refractivity contribution < 1.29 is 14.1 Å². The molecule has 25 heavy (non-hydrogen) atoms. The van der Waals surface area contributed by atoms with Crippen LogP contribution in [0, 0.1) is 0 Å². The van der Waals surface area contributed by atoms with Crippen molar-refractivity contribution >= 4 is 24.0 Å². The highest BCUT2D eigenvalue weighted by molar-refractivity contribution is 5.90. The Labute approximate surface area is 153 Å². The van der Waals surface area contributed by atoms with Crippen LogP contribution in [0.5, 0.6) is 5.75 Å². The van der Waals surface area contributed by atoms with Crippen LogP contribution in [0.3, 0.4) is 0 Å². The largest absolute Gasteiger partial charge is 0.492 e. The normalized spacial score (nSPS) is 10.2. The number of aryl methyl sites for hydroxylation is 2. The average Bonchev–Trinajstić information content (AvgIpc) is 3.02. The third kappa shape index (κ3) is 7.53. The molecule has 0 aliphatic heterocycles. The molecule has 7 nitrogen and oxygen atoms in total. The minimum atomic E-state index is -0.0427. The smallest absolute Gasteiger partial charge is 0.226 e. The van der Waals surface area contributed by atoms with Crippen molar-refractivity contribution in [3.63, 3.8) is 0 Å². The molecule has 1 aromatic heterocycles. The third-order valence-corrected chi connectivity index (χ3v) is 3.30. The Morgan fingerprint density at radius 2 is 2.04 bits per heavy atom. The van der Waals surface area contributed by atoms with E-state index in [9.17, 15) is 4.79 Å². The number of carbonyl (C=O) groups is 1. The second-order valence-electron chi connectivity index (χ2n) is 5.42. The summed E-state index contributed by atoms with van der Waals surface area (Å²) in [6, 6.07) is 7.22. The summed E-state index contributed by atoms with van der Waals surface area (Å²) in [5, 5.41) is 6.75. The molecule has 1 aromatic carbocycles. The van der Waals surface area contributed by atoms with E-state index in [0.29, 0.717) is 38.3 Å². The van der Waals surface area contributed by atoms with Gasteiger partial charge in [-0.3, -0.25) is 4.79 Å². The second kappa shape index (κ2) is 11.4. The van der Waals surface area contributed by atoms with Gasteiger partial charge in [-0.1, -0.05) is 12.1 Å². The molecular weight excluding hydrogens is 344 g/mol. The standard InChI is InChI=1S/C17H24N4O3.ClH/c1-2-4-15-20-17(24-21-15)6-3-5-16(22)19-13-7-9-14(10-8-13)23-12-11-18;/h7-10H,2-6,11-12,18H2,1H3,(H,19,22);1H. The van der Waals surface area contributed by atoms with Crippen molar-refractivity contribution in [2.75, 3.05) is 18.5 Å². The van der Waals surface area contributed by atoms with Crippen molar-refractivity contribution in [3.05, 3.63) is 36.0 Å². The van der Waals surface area contributed by atoms with Crippen molar-refractivity contribution in [1.82, 2.24) is 10.1 Å². The fourth-order valence-electron chi connectivity index (χ4n) is 2.15. The summed E-state index contributed by atoms with van der Waals surface area (Å²) in [5.41, 5.74) is 6.12. The number of hydrogen-bond acceptors (Lipinski definition) is 6. The number of aromatic nitrogens is 2. The fraction of sp³-hybridized carbons (Fsp3) is 0.471. The third-order valence-electron chi connectivity index (χ3n) is 3.30. The molecule has 3 N–H and O–H groups in total. The zero-order valence-corrected chi connectivity index (χ0v) is 15.2. The Balaban J connectivity index is 0.00000312. The van der Waals surface area contributed by atoms with Crippen molar-refractivity contribution in [3.8, 4) is 5.75 Å². The van der Waals surface area contributed by atoms with Crippen molar-refractivity contribution in [2.45, 2.75) is 39.0 Å². The summed E-state index contributed by atoms with van der Waals surface area (Å²) >= 11 is 0. The van der Waals surface area contributed by atoms with Crippen LogP contribution in [-0.4, -0.2) is 29.2 Å². The van der Waals surface area contributed by atoms with Gasteiger partial charge in [0, 0.05) is 31.5 Å². The van der Waals surface area contributed by atoms with Crippen LogP contribution in [0.4, 0.5) is 5.69 Å². The predicted molar refractivity (Wildman–Crippen MR) is 98.1 cm³/mol. The summed E-state index contributed by atoms with van der Waals surface area (Å²) in [4.78, 5) is 16.2. The number of nitrogens with one attached hydrogen (secondary N) is 1. The quantitative estimate of drug-likeness (QED) is 0.668. The summed E-state index contributed by atoms with van der Waals surface area (Å²) in [6.07, 6.45) is 3.47. The summed E-state index contributed by atoms with van der Waals surface area (Å²) in [7, 11) is 0. The van der Waals surface area contributed by atoms with Crippen LogP contribution in [-0.2, 0) is 17.6 Å². The molecule has 0 saturated carbocycles.